The molecule has 0 fully saturated rings. The van der Waals surface area contributed by atoms with E-state index in [2.05, 4.69) is 22.5 Å². The molecule has 0 heterocycles. The fourth-order valence-electron chi connectivity index (χ4n) is 2.89. The van der Waals surface area contributed by atoms with E-state index in [9.17, 15) is 28.0 Å². The summed E-state index contributed by atoms with van der Waals surface area (Å²) in [6.07, 6.45) is -2.93. The van der Waals surface area contributed by atoms with E-state index < -0.39 is 29.8 Å². The molecule has 0 aromatic heterocycles. The van der Waals surface area contributed by atoms with Crippen LogP contribution in [0.5, 0.6) is 0 Å². The molecular weight excluding hydrogens is 432 g/mol. The van der Waals surface area contributed by atoms with Crippen LogP contribution in [0.4, 0.5) is 14.5 Å². The number of benzene rings is 2. The molecule has 0 aliphatic heterocycles. The van der Waals surface area contributed by atoms with Crippen LogP contribution in [0.25, 0.3) is 0 Å². The van der Waals surface area contributed by atoms with Gasteiger partial charge in [-0.2, -0.15) is 0 Å². The summed E-state index contributed by atoms with van der Waals surface area (Å²) in [4.78, 5) is 46.2. The highest BCUT2D eigenvalue weighted by atomic mass is 19.3. The van der Waals surface area contributed by atoms with Crippen molar-refractivity contribution >= 4 is 29.7 Å². The number of alkyl halides is 2. The van der Waals surface area contributed by atoms with Gasteiger partial charge in [-0.05, 0) is 55.5 Å². The second kappa shape index (κ2) is 11.0. The summed E-state index contributed by atoms with van der Waals surface area (Å²) >= 11 is 0. The Morgan fingerprint density at radius 3 is 1.85 bits per heavy atom. The van der Waals surface area contributed by atoms with Crippen LogP contribution in [-0.2, 0) is 14.4 Å². The Kier molecular flexibility index (Phi) is 8.40. The van der Waals surface area contributed by atoms with Crippen LogP contribution < -0.4 is 16.0 Å². The van der Waals surface area contributed by atoms with Gasteiger partial charge in [-0.15, -0.1) is 0 Å². The Labute approximate surface area is 189 Å². The first-order valence-electron chi connectivity index (χ1n) is 9.88. The van der Waals surface area contributed by atoms with Crippen molar-refractivity contribution in [3.05, 3.63) is 65.2 Å². The van der Waals surface area contributed by atoms with E-state index in [1.165, 1.54) is 19.1 Å². The van der Waals surface area contributed by atoms with Gasteiger partial charge in [-0.25, -0.2) is 8.78 Å². The van der Waals surface area contributed by atoms with Gasteiger partial charge in [0.1, 0.15) is 17.9 Å². The molecule has 0 aliphatic carbocycles. The van der Waals surface area contributed by atoms with Gasteiger partial charge in [-0.3, -0.25) is 14.4 Å². The zero-order valence-electron chi connectivity index (χ0n) is 18.2. The van der Waals surface area contributed by atoms with Crippen LogP contribution in [0.3, 0.4) is 0 Å². The maximum absolute atomic E-state index is 13.5. The van der Waals surface area contributed by atoms with Crippen molar-refractivity contribution in [2.75, 3.05) is 5.32 Å². The SMILES string of the molecule is CC(=O)Nc1ccc(C#Cc2ccc(C(=O)NC(C=O)C(C)(NC(C)=O)C(F)F)cc2)cc1. The molecule has 2 unspecified atom stereocenters. The van der Waals surface area contributed by atoms with Gasteiger partial charge in [0.05, 0.1) is 0 Å². The van der Waals surface area contributed by atoms with Gasteiger partial charge in [0.15, 0.2) is 0 Å². The van der Waals surface area contributed by atoms with Crippen molar-refractivity contribution in [2.24, 2.45) is 0 Å². The number of aldehydes is 1. The molecule has 33 heavy (non-hydrogen) atoms. The monoisotopic (exact) mass is 455 g/mol. The second-order valence-electron chi connectivity index (χ2n) is 7.44. The van der Waals surface area contributed by atoms with Crippen LogP contribution in [0.1, 0.15) is 42.3 Å². The molecule has 3 amide bonds. The average Bonchev–Trinajstić information content (AvgIpc) is 2.76. The van der Waals surface area contributed by atoms with Crippen LogP contribution in [0.2, 0.25) is 0 Å². The molecule has 7 nitrogen and oxygen atoms in total. The molecule has 2 aromatic rings. The smallest absolute Gasteiger partial charge is 0.263 e. The minimum absolute atomic E-state index is 0.131. The highest BCUT2D eigenvalue weighted by Crippen LogP contribution is 2.20. The summed E-state index contributed by atoms with van der Waals surface area (Å²) in [6, 6.07) is 11.3. The van der Waals surface area contributed by atoms with E-state index in [0.717, 1.165) is 13.8 Å². The number of hydrogen-bond acceptors (Lipinski definition) is 4. The lowest BCUT2D eigenvalue weighted by atomic mass is 9.92. The third-order valence-electron chi connectivity index (χ3n) is 4.67. The lowest BCUT2D eigenvalue weighted by Gasteiger charge is -2.34. The van der Waals surface area contributed by atoms with E-state index in [1.54, 1.807) is 36.4 Å². The topological polar surface area (TPSA) is 104 Å². The molecule has 0 aliphatic rings. The highest BCUT2D eigenvalue weighted by Gasteiger charge is 2.44. The summed E-state index contributed by atoms with van der Waals surface area (Å²) in [5, 5.41) is 6.94. The molecule has 172 valence electrons. The molecular formula is C24H23F2N3O4. The number of carbonyl (C=O) groups is 4. The quantitative estimate of drug-likeness (QED) is 0.441. The zero-order valence-corrected chi connectivity index (χ0v) is 18.2. The predicted octanol–water partition coefficient (Wildman–Crippen LogP) is 2.50. The molecule has 9 heteroatoms. The molecule has 0 bridgehead atoms. The number of anilines is 1. The summed E-state index contributed by atoms with van der Waals surface area (Å²) in [5.41, 5.74) is -0.168. The Morgan fingerprint density at radius 2 is 1.42 bits per heavy atom. The molecule has 0 saturated carbocycles. The number of amides is 3. The normalized spacial score (nSPS) is 13.0. The van der Waals surface area contributed by atoms with Crippen LogP contribution >= 0.6 is 0 Å². The molecule has 2 rings (SSSR count). The maximum atomic E-state index is 13.5. The molecule has 2 atom stereocenters. The fraction of sp³-hybridized carbons (Fsp3) is 0.250. The van der Waals surface area contributed by atoms with Crippen molar-refractivity contribution in [3.63, 3.8) is 0 Å². The van der Waals surface area contributed by atoms with Gasteiger partial charge < -0.3 is 20.7 Å². The average molecular weight is 455 g/mol. The van der Waals surface area contributed by atoms with E-state index in [1.807, 2.05) is 5.32 Å². The predicted molar refractivity (Wildman–Crippen MR) is 119 cm³/mol. The van der Waals surface area contributed by atoms with E-state index in [4.69, 9.17) is 0 Å². The molecule has 0 radical (unpaired) electrons. The Hall–Kier alpha value is -4.06. The first-order chi connectivity index (χ1) is 15.5. The largest absolute Gasteiger partial charge is 0.343 e. The fourth-order valence-corrected chi connectivity index (χ4v) is 2.89. The number of hydrogen-bond donors (Lipinski definition) is 3. The Bertz CT molecular complexity index is 1090. The first kappa shape index (κ1) is 25.2. The molecule has 2 aromatic carbocycles. The molecule has 3 N–H and O–H groups in total. The number of halogens is 2. The van der Waals surface area contributed by atoms with Crippen LogP contribution in [0, 0.1) is 11.8 Å². The van der Waals surface area contributed by atoms with Crippen molar-refractivity contribution in [2.45, 2.75) is 38.8 Å². The third kappa shape index (κ3) is 6.97. The summed E-state index contributed by atoms with van der Waals surface area (Å²) in [7, 11) is 0. The van der Waals surface area contributed by atoms with Crippen molar-refractivity contribution in [1.82, 2.24) is 10.6 Å². The summed E-state index contributed by atoms with van der Waals surface area (Å²) in [6.45, 7) is 3.44. The van der Waals surface area contributed by atoms with Crippen LogP contribution in [-0.4, -0.2) is 42.0 Å². The Morgan fingerprint density at radius 1 is 0.909 bits per heavy atom. The first-order valence-corrected chi connectivity index (χ1v) is 9.88. The van der Waals surface area contributed by atoms with Gasteiger partial charge in [0, 0.05) is 36.2 Å². The van der Waals surface area contributed by atoms with E-state index in [-0.39, 0.29) is 17.8 Å². The van der Waals surface area contributed by atoms with Crippen molar-refractivity contribution < 1.29 is 28.0 Å². The van der Waals surface area contributed by atoms with Crippen molar-refractivity contribution in [1.29, 1.82) is 0 Å². The van der Waals surface area contributed by atoms with Crippen LogP contribution in [0.15, 0.2) is 48.5 Å². The van der Waals surface area contributed by atoms with Gasteiger partial charge in [0.25, 0.3) is 12.3 Å². The standard InChI is InChI=1S/C24H23F2N3O4/c1-15(31)27-20-12-8-18(9-13-20)5-4-17-6-10-19(11-7-17)22(33)28-21(14-30)24(3,23(25)26)29-16(2)32/h6-14,21,23H,1-3H3,(H,27,31)(H,28,33)(H,29,32). The third-order valence-corrected chi connectivity index (χ3v) is 4.67. The Balaban J connectivity index is 2.11. The number of nitrogens with one attached hydrogen (secondary N) is 3. The number of carbonyl (C=O) groups excluding carboxylic acids is 4. The zero-order chi connectivity index (χ0) is 24.6. The number of rotatable bonds is 7. The summed E-state index contributed by atoms with van der Waals surface area (Å²) in [5.74, 6) is 4.19. The highest BCUT2D eigenvalue weighted by molar-refractivity contribution is 5.96. The van der Waals surface area contributed by atoms with E-state index >= 15 is 0 Å². The minimum atomic E-state index is -3.10. The lowest BCUT2D eigenvalue weighted by Crippen LogP contribution is -2.65. The van der Waals surface area contributed by atoms with Gasteiger partial charge in [0.2, 0.25) is 11.8 Å². The van der Waals surface area contributed by atoms with Gasteiger partial charge in [-0.1, -0.05) is 11.8 Å². The lowest BCUT2D eigenvalue weighted by molar-refractivity contribution is -0.125. The minimum Gasteiger partial charge on any atom is -0.343 e. The van der Waals surface area contributed by atoms with E-state index in [0.29, 0.717) is 16.8 Å². The van der Waals surface area contributed by atoms with Gasteiger partial charge >= 0.3 is 0 Å². The molecule has 0 saturated heterocycles. The summed E-state index contributed by atoms with van der Waals surface area (Å²) < 4.78 is 27.1. The maximum Gasteiger partial charge on any atom is 0.263 e. The van der Waals surface area contributed by atoms with Crippen molar-refractivity contribution in [3.8, 4) is 11.8 Å². The molecule has 0 spiro atoms. The second-order valence-corrected chi connectivity index (χ2v) is 7.44.